The molecule has 0 spiro atoms. The minimum Gasteiger partial charge on any atom is -0.364 e. The fraction of sp³-hybridized carbons (Fsp3) is 0.125. The summed E-state index contributed by atoms with van der Waals surface area (Å²) in [5, 5.41) is 5.39. The van der Waals surface area contributed by atoms with Crippen molar-refractivity contribution in [3.8, 4) is 0 Å². The summed E-state index contributed by atoms with van der Waals surface area (Å²) in [5.41, 5.74) is 7.31. The van der Waals surface area contributed by atoms with Crippen molar-refractivity contribution in [2.24, 2.45) is 0 Å². The smallest absolute Gasteiger partial charge is 0.258 e. The van der Waals surface area contributed by atoms with Gasteiger partial charge in [0.2, 0.25) is 0 Å². The maximum atomic E-state index is 12.1. The van der Waals surface area contributed by atoms with E-state index >= 15 is 0 Å². The predicted octanol–water partition coefficient (Wildman–Crippen LogP) is 1.92. The number of carbonyl (C=O) groups excluding carboxylic acids is 1. The van der Waals surface area contributed by atoms with Crippen LogP contribution >= 0.6 is 12.2 Å². The van der Waals surface area contributed by atoms with Gasteiger partial charge in [0.1, 0.15) is 6.54 Å². The Morgan fingerprint density at radius 3 is 2.09 bits per heavy atom. The molecule has 1 amide bonds. The summed E-state index contributed by atoms with van der Waals surface area (Å²) < 4.78 is 2.00. The van der Waals surface area contributed by atoms with Gasteiger partial charge >= 0.3 is 0 Å². The second-order valence-electron chi connectivity index (χ2n) is 4.87. The topological polar surface area (TPSA) is 58.1 Å². The maximum absolute atomic E-state index is 12.1. The molecule has 112 valence electrons. The number of aromatic nitrogens is 1. The first-order valence-corrected chi connectivity index (χ1v) is 7.34. The van der Waals surface area contributed by atoms with Crippen molar-refractivity contribution in [3.63, 3.8) is 0 Å². The molecular formula is C16H16N4OS. The third kappa shape index (κ3) is 2.60. The maximum Gasteiger partial charge on any atom is 0.258 e. The first kappa shape index (κ1) is 14.3. The van der Waals surface area contributed by atoms with Crippen molar-refractivity contribution in [2.75, 3.05) is 7.05 Å². The molecule has 0 bridgehead atoms. The van der Waals surface area contributed by atoms with Gasteiger partial charge < -0.3 is 9.88 Å². The molecule has 5 nitrogen and oxygen atoms in total. The van der Waals surface area contributed by atoms with E-state index in [1.54, 1.807) is 7.05 Å². The number of para-hydroxylation sites is 2. The number of carbonyl (C=O) groups is 1. The van der Waals surface area contributed by atoms with Gasteiger partial charge in [0, 0.05) is 28.9 Å². The second-order valence-corrected chi connectivity index (χ2v) is 5.28. The third-order valence-corrected chi connectivity index (χ3v) is 3.83. The average molecular weight is 312 g/mol. The average Bonchev–Trinajstić information content (AvgIpc) is 2.87. The van der Waals surface area contributed by atoms with E-state index in [0.717, 1.165) is 21.8 Å². The molecular weight excluding hydrogens is 296 g/mol. The molecule has 3 N–H and O–H groups in total. The van der Waals surface area contributed by atoms with Crippen molar-refractivity contribution in [1.29, 1.82) is 0 Å². The van der Waals surface area contributed by atoms with Crippen molar-refractivity contribution in [1.82, 2.24) is 20.7 Å². The van der Waals surface area contributed by atoms with Crippen LogP contribution in [0.2, 0.25) is 0 Å². The van der Waals surface area contributed by atoms with Crippen LogP contribution in [0, 0.1) is 0 Å². The molecule has 0 fully saturated rings. The number of hydrogen-bond donors (Lipinski definition) is 3. The van der Waals surface area contributed by atoms with Crippen molar-refractivity contribution >= 4 is 45.0 Å². The van der Waals surface area contributed by atoms with Crippen LogP contribution < -0.4 is 16.2 Å². The zero-order valence-corrected chi connectivity index (χ0v) is 12.9. The monoisotopic (exact) mass is 312 g/mol. The fourth-order valence-corrected chi connectivity index (χ4v) is 2.60. The van der Waals surface area contributed by atoms with Crippen LogP contribution in [0.15, 0.2) is 48.5 Å². The molecule has 0 aliphatic heterocycles. The highest BCUT2D eigenvalue weighted by Crippen LogP contribution is 2.28. The Kier molecular flexibility index (Phi) is 3.93. The Hall–Kier alpha value is -2.60. The number of rotatable bonds is 2. The van der Waals surface area contributed by atoms with Gasteiger partial charge in [-0.15, -0.1) is 0 Å². The minimum absolute atomic E-state index is 0.163. The molecule has 3 rings (SSSR count). The van der Waals surface area contributed by atoms with E-state index in [2.05, 4.69) is 28.3 Å². The fourth-order valence-electron chi connectivity index (χ4n) is 2.55. The molecule has 0 aliphatic rings. The Labute approximate surface area is 133 Å². The Bertz CT molecular complexity index is 802. The molecule has 3 aromatic rings. The summed E-state index contributed by atoms with van der Waals surface area (Å²) in [6.07, 6.45) is 0. The number of nitrogens with zero attached hydrogens (tertiary/aromatic N) is 1. The number of amides is 1. The van der Waals surface area contributed by atoms with Gasteiger partial charge in [-0.25, -0.2) is 0 Å². The Balaban J connectivity index is 1.95. The number of hydrogen-bond acceptors (Lipinski definition) is 2. The van der Waals surface area contributed by atoms with E-state index in [4.69, 9.17) is 12.2 Å². The van der Waals surface area contributed by atoms with Gasteiger partial charge in [-0.3, -0.25) is 15.6 Å². The lowest BCUT2D eigenvalue weighted by atomic mass is 10.2. The molecule has 0 aliphatic carbocycles. The number of benzene rings is 2. The van der Waals surface area contributed by atoms with E-state index in [1.807, 2.05) is 41.0 Å². The summed E-state index contributed by atoms with van der Waals surface area (Å²) in [4.78, 5) is 12.1. The van der Waals surface area contributed by atoms with Crippen LogP contribution in [-0.2, 0) is 11.3 Å². The second kappa shape index (κ2) is 6.03. The Morgan fingerprint density at radius 1 is 1.00 bits per heavy atom. The number of hydrazine groups is 1. The molecule has 0 saturated heterocycles. The molecule has 1 heterocycles. The summed E-state index contributed by atoms with van der Waals surface area (Å²) >= 11 is 4.93. The van der Waals surface area contributed by atoms with Gasteiger partial charge in [-0.1, -0.05) is 36.4 Å². The summed E-state index contributed by atoms with van der Waals surface area (Å²) in [6.45, 7) is 0.216. The minimum atomic E-state index is -0.163. The molecule has 0 saturated carbocycles. The summed E-state index contributed by atoms with van der Waals surface area (Å²) in [6, 6.07) is 16.1. The van der Waals surface area contributed by atoms with Crippen LogP contribution in [0.5, 0.6) is 0 Å². The van der Waals surface area contributed by atoms with Crippen molar-refractivity contribution < 1.29 is 4.79 Å². The molecule has 0 atom stereocenters. The zero-order valence-electron chi connectivity index (χ0n) is 12.1. The van der Waals surface area contributed by atoms with Gasteiger partial charge in [-0.05, 0) is 24.4 Å². The molecule has 6 heteroatoms. The molecule has 1 aromatic heterocycles. The lowest BCUT2D eigenvalue weighted by Gasteiger charge is -2.10. The van der Waals surface area contributed by atoms with Crippen LogP contribution in [0.1, 0.15) is 0 Å². The van der Waals surface area contributed by atoms with Crippen molar-refractivity contribution in [2.45, 2.75) is 6.54 Å². The molecule has 2 aromatic carbocycles. The summed E-state index contributed by atoms with van der Waals surface area (Å²) in [7, 11) is 1.69. The van der Waals surface area contributed by atoms with Gasteiger partial charge in [0.25, 0.3) is 5.91 Å². The van der Waals surface area contributed by atoms with Gasteiger partial charge in [0.15, 0.2) is 5.11 Å². The van der Waals surface area contributed by atoms with E-state index in [-0.39, 0.29) is 12.5 Å². The largest absolute Gasteiger partial charge is 0.364 e. The van der Waals surface area contributed by atoms with Crippen LogP contribution in [0.25, 0.3) is 21.8 Å². The van der Waals surface area contributed by atoms with Crippen molar-refractivity contribution in [3.05, 3.63) is 48.5 Å². The standard InChI is InChI=1S/C16H16N4OS/c1-17-16(22)19-18-15(21)10-20-13-8-4-2-6-11(13)12-7-3-5-9-14(12)20/h2-9H,10H2,1H3,(H,18,21)(H2,17,19,22). The lowest BCUT2D eigenvalue weighted by molar-refractivity contribution is -0.122. The highest BCUT2D eigenvalue weighted by atomic mass is 32.1. The quantitative estimate of drug-likeness (QED) is 0.500. The van der Waals surface area contributed by atoms with E-state index < -0.39 is 0 Å². The third-order valence-electron chi connectivity index (χ3n) is 3.52. The highest BCUT2D eigenvalue weighted by molar-refractivity contribution is 7.80. The van der Waals surface area contributed by atoms with E-state index in [1.165, 1.54) is 0 Å². The SMILES string of the molecule is CNC(=S)NNC(=O)Cn1c2ccccc2c2ccccc21. The van der Waals surface area contributed by atoms with Gasteiger partial charge in [0.05, 0.1) is 0 Å². The summed E-state index contributed by atoms with van der Waals surface area (Å²) in [5.74, 6) is -0.163. The normalized spacial score (nSPS) is 10.6. The zero-order chi connectivity index (χ0) is 15.5. The van der Waals surface area contributed by atoms with Crippen LogP contribution in [0.4, 0.5) is 0 Å². The number of nitrogens with one attached hydrogen (secondary N) is 3. The number of thiocarbonyl (C=S) groups is 1. The number of fused-ring (bicyclic) bond motifs is 3. The first-order valence-electron chi connectivity index (χ1n) is 6.93. The van der Waals surface area contributed by atoms with Gasteiger partial charge in [-0.2, -0.15) is 0 Å². The predicted molar refractivity (Wildman–Crippen MR) is 92.4 cm³/mol. The molecule has 0 radical (unpaired) electrons. The van der Waals surface area contributed by atoms with Crippen LogP contribution in [-0.4, -0.2) is 22.6 Å². The van der Waals surface area contributed by atoms with E-state index in [0.29, 0.717) is 5.11 Å². The first-order chi connectivity index (χ1) is 10.7. The Morgan fingerprint density at radius 2 is 1.55 bits per heavy atom. The lowest BCUT2D eigenvalue weighted by Crippen LogP contribution is -2.46. The molecule has 0 unspecified atom stereocenters. The highest BCUT2D eigenvalue weighted by Gasteiger charge is 2.12. The van der Waals surface area contributed by atoms with E-state index in [9.17, 15) is 4.79 Å². The molecule has 22 heavy (non-hydrogen) atoms. The van der Waals surface area contributed by atoms with Crippen LogP contribution in [0.3, 0.4) is 0 Å².